The van der Waals surface area contributed by atoms with Crippen molar-refractivity contribution in [1.29, 1.82) is 0 Å². The van der Waals surface area contributed by atoms with Gasteiger partial charge in [-0.05, 0) is 30.7 Å². The highest BCUT2D eigenvalue weighted by Crippen LogP contribution is 2.39. The summed E-state index contributed by atoms with van der Waals surface area (Å²) in [7, 11) is 0. The number of nitrogens with one attached hydrogen (secondary N) is 1. The minimum absolute atomic E-state index is 0.0583. The zero-order valence-electron chi connectivity index (χ0n) is 18.1. The second kappa shape index (κ2) is 8.74. The number of hydrogen-bond donors (Lipinski definition) is 1. The van der Waals surface area contributed by atoms with E-state index in [0.717, 1.165) is 16.3 Å². The Labute approximate surface area is 195 Å². The predicted octanol–water partition coefficient (Wildman–Crippen LogP) is 2.66. The number of nitrogens with zero attached hydrogens (tertiary/aromatic N) is 4. The second-order valence-corrected chi connectivity index (χ2v) is 9.12. The summed E-state index contributed by atoms with van der Waals surface area (Å²) in [6, 6.07) is 10.6. The van der Waals surface area contributed by atoms with E-state index in [-0.39, 0.29) is 11.9 Å². The van der Waals surface area contributed by atoms with Gasteiger partial charge in [0.2, 0.25) is 5.78 Å². The van der Waals surface area contributed by atoms with Crippen LogP contribution in [0.4, 0.5) is 5.69 Å². The lowest BCUT2D eigenvalue weighted by Crippen LogP contribution is -2.57. The molecule has 1 fully saturated rings. The summed E-state index contributed by atoms with van der Waals surface area (Å²) >= 11 is 1.48. The minimum Gasteiger partial charge on any atom is -0.382 e. The van der Waals surface area contributed by atoms with Gasteiger partial charge in [0.05, 0.1) is 11.6 Å². The van der Waals surface area contributed by atoms with Crippen LogP contribution in [0.25, 0.3) is 10.7 Å². The van der Waals surface area contributed by atoms with E-state index in [0.29, 0.717) is 37.4 Å². The van der Waals surface area contributed by atoms with Crippen molar-refractivity contribution in [2.45, 2.75) is 18.9 Å². The number of rotatable bonds is 4. The van der Waals surface area contributed by atoms with Gasteiger partial charge in [0.1, 0.15) is 10.7 Å². The highest BCUT2D eigenvalue weighted by atomic mass is 32.1. The van der Waals surface area contributed by atoms with Gasteiger partial charge >= 0.3 is 0 Å². The molecule has 0 radical (unpaired) electrons. The topological polar surface area (TPSA) is 95.5 Å². The number of carbonyl (C=O) groups excluding carboxylic acids is 3. The van der Waals surface area contributed by atoms with Crippen molar-refractivity contribution in [2.24, 2.45) is 0 Å². The van der Waals surface area contributed by atoms with Crippen LogP contribution in [0.1, 0.15) is 28.8 Å². The molecule has 0 spiro atoms. The molecular weight excluding hydrogens is 438 g/mol. The van der Waals surface area contributed by atoms with Crippen LogP contribution in [0.5, 0.6) is 0 Å². The van der Waals surface area contributed by atoms with Crippen molar-refractivity contribution < 1.29 is 14.4 Å². The Kier molecular flexibility index (Phi) is 5.63. The van der Waals surface area contributed by atoms with Gasteiger partial charge in [0, 0.05) is 55.6 Å². The minimum atomic E-state index is -0.564. The largest absolute Gasteiger partial charge is 0.382 e. The predicted molar refractivity (Wildman–Crippen MR) is 125 cm³/mol. The first-order valence-corrected chi connectivity index (χ1v) is 11.7. The third kappa shape index (κ3) is 3.89. The highest BCUT2D eigenvalue weighted by Gasteiger charge is 2.39. The Morgan fingerprint density at radius 3 is 2.61 bits per heavy atom. The molecular formula is C24H23N5O3S. The molecule has 0 saturated carbocycles. The van der Waals surface area contributed by atoms with Gasteiger partial charge < -0.3 is 15.1 Å². The van der Waals surface area contributed by atoms with Crippen molar-refractivity contribution in [3.63, 3.8) is 0 Å². The molecule has 3 aromatic rings. The number of Topliss-reactive ketones (excluding diaryl/α,β-unsaturated/α-hetero) is 1. The number of carbonyl (C=O) groups is 3. The number of fused-ring (bicyclic) bond motifs is 1. The summed E-state index contributed by atoms with van der Waals surface area (Å²) in [5.41, 5.74) is 2.87. The van der Waals surface area contributed by atoms with E-state index in [2.05, 4.69) is 15.3 Å². The highest BCUT2D eigenvalue weighted by molar-refractivity contribution is 7.13. The van der Waals surface area contributed by atoms with E-state index in [1.165, 1.54) is 11.3 Å². The van der Waals surface area contributed by atoms with Gasteiger partial charge in [-0.15, -0.1) is 11.3 Å². The number of benzene rings is 1. The molecule has 1 saturated heterocycles. The summed E-state index contributed by atoms with van der Waals surface area (Å²) in [6.07, 6.45) is 3.37. The quantitative estimate of drug-likeness (QED) is 0.600. The zero-order chi connectivity index (χ0) is 22.9. The normalized spacial score (nSPS) is 19.7. The fourth-order valence-corrected chi connectivity index (χ4v) is 5.14. The SMILES string of the molecule is C[C@@H]1CN(C(=O)c2ccccc2)CCN1C(=O)C(=O)C1CNc2c1ccnc2-c1nccs1. The third-order valence-corrected chi connectivity index (χ3v) is 6.98. The Bertz CT molecular complexity index is 1200. The van der Waals surface area contributed by atoms with Crippen LogP contribution in [0.3, 0.4) is 0 Å². The summed E-state index contributed by atoms with van der Waals surface area (Å²) in [5.74, 6) is -1.56. The summed E-state index contributed by atoms with van der Waals surface area (Å²) in [6.45, 7) is 3.35. The molecule has 2 aliphatic rings. The summed E-state index contributed by atoms with van der Waals surface area (Å²) in [5, 5.41) is 5.90. The molecule has 4 heterocycles. The second-order valence-electron chi connectivity index (χ2n) is 8.22. The van der Waals surface area contributed by atoms with Gasteiger partial charge in [-0.1, -0.05) is 18.2 Å². The van der Waals surface area contributed by atoms with Crippen LogP contribution < -0.4 is 5.32 Å². The summed E-state index contributed by atoms with van der Waals surface area (Å²) < 4.78 is 0. The molecule has 8 nitrogen and oxygen atoms in total. The van der Waals surface area contributed by atoms with Crippen molar-refractivity contribution in [3.8, 4) is 10.7 Å². The van der Waals surface area contributed by atoms with E-state index in [1.807, 2.05) is 30.5 Å². The summed E-state index contributed by atoms with van der Waals surface area (Å²) in [4.78, 5) is 51.3. The maximum absolute atomic E-state index is 13.2. The number of piperazine rings is 1. The molecule has 1 N–H and O–H groups in total. The molecule has 1 aromatic carbocycles. The number of hydrogen-bond acceptors (Lipinski definition) is 7. The average Bonchev–Trinajstić information content (AvgIpc) is 3.53. The van der Waals surface area contributed by atoms with E-state index in [4.69, 9.17) is 0 Å². The van der Waals surface area contributed by atoms with Crippen LogP contribution in [-0.4, -0.2) is 69.6 Å². The first-order chi connectivity index (χ1) is 16.0. The molecule has 5 rings (SSSR count). The van der Waals surface area contributed by atoms with Crippen LogP contribution in [-0.2, 0) is 9.59 Å². The van der Waals surface area contributed by atoms with Crippen molar-refractivity contribution in [2.75, 3.05) is 31.5 Å². The lowest BCUT2D eigenvalue weighted by atomic mass is 9.95. The van der Waals surface area contributed by atoms with Gasteiger partial charge in [-0.2, -0.15) is 0 Å². The Balaban J connectivity index is 1.29. The monoisotopic (exact) mass is 461 g/mol. The van der Waals surface area contributed by atoms with Crippen molar-refractivity contribution in [3.05, 3.63) is 65.3 Å². The van der Waals surface area contributed by atoms with E-state index in [1.54, 1.807) is 40.4 Å². The van der Waals surface area contributed by atoms with Crippen molar-refractivity contribution >= 4 is 34.6 Å². The molecule has 0 bridgehead atoms. The standard InChI is InChI=1S/C24H23N5O3S/c1-15-14-28(23(31)16-5-3-2-4-6-16)10-11-29(15)24(32)21(30)18-13-27-19-17(18)7-8-25-20(19)22-26-9-12-33-22/h2-9,12,15,18,27H,10-11,13-14H2,1H3/t15-,18?/m1/s1. The molecule has 168 valence electrons. The van der Waals surface area contributed by atoms with Crippen LogP contribution in [0.2, 0.25) is 0 Å². The van der Waals surface area contributed by atoms with E-state index >= 15 is 0 Å². The number of pyridine rings is 1. The number of aromatic nitrogens is 2. The average molecular weight is 462 g/mol. The van der Waals surface area contributed by atoms with Gasteiger partial charge in [-0.3, -0.25) is 19.4 Å². The smallest absolute Gasteiger partial charge is 0.291 e. The third-order valence-electron chi connectivity index (χ3n) is 6.20. The van der Waals surface area contributed by atoms with Crippen LogP contribution >= 0.6 is 11.3 Å². The first kappa shape index (κ1) is 21.3. The first-order valence-electron chi connectivity index (χ1n) is 10.9. The van der Waals surface area contributed by atoms with Crippen molar-refractivity contribution in [1.82, 2.24) is 19.8 Å². The lowest BCUT2D eigenvalue weighted by Gasteiger charge is -2.39. The number of ketones is 1. The molecule has 2 amide bonds. The molecule has 2 aromatic heterocycles. The maximum Gasteiger partial charge on any atom is 0.291 e. The lowest BCUT2D eigenvalue weighted by molar-refractivity contribution is -0.148. The number of thiazole rings is 1. The molecule has 33 heavy (non-hydrogen) atoms. The Morgan fingerprint density at radius 1 is 1.06 bits per heavy atom. The Morgan fingerprint density at radius 2 is 1.88 bits per heavy atom. The fraction of sp³-hybridized carbons (Fsp3) is 0.292. The van der Waals surface area contributed by atoms with Gasteiger partial charge in [0.15, 0.2) is 0 Å². The molecule has 1 unspecified atom stereocenters. The van der Waals surface area contributed by atoms with Gasteiger partial charge in [-0.25, -0.2) is 4.98 Å². The number of amides is 2. The van der Waals surface area contributed by atoms with E-state index < -0.39 is 17.6 Å². The fourth-order valence-electron chi connectivity index (χ4n) is 4.50. The van der Waals surface area contributed by atoms with Crippen LogP contribution in [0, 0.1) is 0 Å². The molecule has 0 aliphatic carbocycles. The van der Waals surface area contributed by atoms with E-state index in [9.17, 15) is 14.4 Å². The molecule has 9 heteroatoms. The van der Waals surface area contributed by atoms with Crippen LogP contribution in [0.15, 0.2) is 54.2 Å². The van der Waals surface area contributed by atoms with Gasteiger partial charge in [0.25, 0.3) is 11.8 Å². The Hall–Kier alpha value is -3.59. The maximum atomic E-state index is 13.2. The zero-order valence-corrected chi connectivity index (χ0v) is 18.9. The molecule has 2 aliphatic heterocycles. The number of anilines is 1. The molecule has 2 atom stereocenters.